The summed E-state index contributed by atoms with van der Waals surface area (Å²) < 4.78 is 4.52. The number of hydrazone groups is 1. The summed E-state index contributed by atoms with van der Waals surface area (Å²) in [5, 5.41) is 5.17. The lowest BCUT2D eigenvalue weighted by atomic mass is 10.0. The van der Waals surface area contributed by atoms with E-state index < -0.39 is 0 Å². The third-order valence-electron chi connectivity index (χ3n) is 2.88. The maximum atomic E-state index is 11.0. The molecule has 0 bridgehead atoms. The van der Waals surface area contributed by atoms with Crippen LogP contribution in [0.4, 0.5) is 0 Å². The molecule has 0 aliphatic rings. The fourth-order valence-electron chi connectivity index (χ4n) is 1.59. The minimum absolute atomic E-state index is 0.163. The Morgan fingerprint density at radius 2 is 1.95 bits per heavy atom. The smallest absolute Gasteiger partial charge is 0.307 e. The van der Waals surface area contributed by atoms with Crippen LogP contribution in [-0.4, -0.2) is 30.6 Å². The molecule has 6 heteroatoms. The number of esters is 1. The van der Waals surface area contributed by atoms with Crippen LogP contribution in [0.3, 0.4) is 0 Å². The minimum atomic E-state index is -0.337. The van der Waals surface area contributed by atoms with Gasteiger partial charge in [0.05, 0.1) is 20.1 Å². The summed E-state index contributed by atoms with van der Waals surface area (Å²) >= 11 is 0. The molecule has 0 amide bonds. The van der Waals surface area contributed by atoms with Gasteiger partial charge in [-0.3, -0.25) is 4.79 Å². The van der Waals surface area contributed by atoms with Crippen LogP contribution in [0, 0.1) is 0 Å². The average Bonchev–Trinajstić information content (AvgIpc) is 2.44. The maximum Gasteiger partial charge on any atom is 0.307 e. The van der Waals surface area contributed by atoms with Gasteiger partial charge in [0.1, 0.15) is 0 Å². The van der Waals surface area contributed by atoms with Crippen molar-refractivity contribution in [2.75, 3.05) is 13.7 Å². The van der Waals surface area contributed by atoms with Crippen LogP contribution in [0.25, 0.3) is 0 Å². The third kappa shape index (κ3) is 4.89. The lowest BCUT2D eigenvalue weighted by Gasteiger charge is -2.13. The average molecular weight is 278 g/mol. The standard InChI is InChI=1S/C14H22N4O2/c1-10(2)11-4-6-12(7-5-11)14(15)17-18(16)9-8-13(19)20-3/h4-7,10H,8-9,16H2,1-3H3,(H2,15,17). The fraction of sp³-hybridized carbons (Fsp3) is 0.429. The molecule has 0 aliphatic carbocycles. The van der Waals surface area contributed by atoms with E-state index in [-0.39, 0.29) is 18.9 Å². The van der Waals surface area contributed by atoms with E-state index in [0.29, 0.717) is 11.8 Å². The number of hydrogen-bond acceptors (Lipinski definition) is 5. The highest BCUT2D eigenvalue weighted by molar-refractivity contribution is 5.97. The number of hydrazine groups is 1. The molecule has 0 fully saturated rings. The molecule has 1 rings (SSSR count). The maximum absolute atomic E-state index is 11.0. The Hall–Kier alpha value is -2.08. The van der Waals surface area contributed by atoms with Gasteiger partial charge in [0.2, 0.25) is 0 Å². The van der Waals surface area contributed by atoms with Crippen molar-refractivity contribution in [3.63, 3.8) is 0 Å². The van der Waals surface area contributed by atoms with Crippen molar-refractivity contribution < 1.29 is 9.53 Å². The quantitative estimate of drug-likeness (QED) is 0.268. The van der Waals surface area contributed by atoms with E-state index >= 15 is 0 Å². The predicted octanol–water partition coefficient (Wildman–Crippen LogP) is 1.17. The number of carbonyl (C=O) groups is 1. The van der Waals surface area contributed by atoms with Gasteiger partial charge >= 0.3 is 5.97 Å². The Kier molecular flexibility index (Phi) is 5.99. The lowest BCUT2D eigenvalue weighted by Crippen LogP contribution is -2.31. The molecule has 1 aromatic rings. The van der Waals surface area contributed by atoms with Gasteiger partial charge in [0.15, 0.2) is 5.84 Å². The van der Waals surface area contributed by atoms with Crippen LogP contribution in [-0.2, 0) is 9.53 Å². The van der Waals surface area contributed by atoms with E-state index in [1.54, 1.807) is 0 Å². The Morgan fingerprint density at radius 1 is 1.35 bits per heavy atom. The summed E-state index contributed by atoms with van der Waals surface area (Å²) in [6.07, 6.45) is 0.163. The first-order chi connectivity index (χ1) is 9.43. The second kappa shape index (κ2) is 7.49. The molecule has 6 nitrogen and oxygen atoms in total. The van der Waals surface area contributed by atoms with Gasteiger partial charge in [-0.25, -0.2) is 11.0 Å². The van der Waals surface area contributed by atoms with Gasteiger partial charge in [-0.05, 0) is 11.5 Å². The molecule has 0 aliphatic heterocycles. The molecular formula is C14H22N4O2. The van der Waals surface area contributed by atoms with E-state index in [0.717, 1.165) is 10.7 Å². The minimum Gasteiger partial charge on any atom is -0.469 e. The van der Waals surface area contributed by atoms with Crippen LogP contribution >= 0.6 is 0 Å². The van der Waals surface area contributed by atoms with Crippen molar-refractivity contribution >= 4 is 11.8 Å². The zero-order valence-corrected chi connectivity index (χ0v) is 12.2. The van der Waals surface area contributed by atoms with Gasteiger partial charge in [0.25, 0.3) is 0 Å². The van der Waals surface area contributed by atoms with Crippen molar-refractivity contribution in [2.24, 2.45) is 16.7 Å². The molecule has 1 aromatic carbocycles. The molecule has 110 valence electrons. The first kappa shape index (κ1) is 16.0. The Morgan fingerprint density at radius 3 is 2.45 bits per heavy atom. The molecule has 0 aromatic heterocycles. The first-order valence-electron chi connectivity index (χ1n) is 6.47. The molecule has 0 saturated heterocycles. The highest BCUT2D eigenvalue weighted by Gasteiger charge is 2.05. The molecule has 0 heterocycles. The van der Waals surface area contributed by atoms with Crippen molar-refractivity contribution in [1.29, 1.82) is 0 Å². The SMILES string of the molecule is COC(=O)CCN(N)/N=C(\N)c1ccc(C(C)C)cc1. The van der Waals surface area contributed by atoms with Gasteiger partial charge in [-0.15, -0.1) is 5.10 Å². The van der Waals surface area contributed by atoms with Gasteiger partial charge in [-0.1, -0.05) is 38.1 Å². The number of nitrogens with two attached hydrogens (primary N) is 2. The third-order valence-corrected chi connectivity index (χ3v) is 2.88. The van der Waals surface area contributed by atoms with Gasteiger partial charge in [0, 0.05) is 5.56 Å². The predicted molar refractivity (Wildman–Crippen MR) is 78.8 cm³/mol. The first-order valence-corrected chi connectivity index (χ1v) is 6.47. The largest absolute Gasteiger partial charge is 0.469 e. The normalized spacial score (nSPS) is 11.6. The van der Waals surface area contributed by atoms with E-state index in [1.807, 2.05) is 24.3 Å². The van der Waals surface area contributed by atoms with Crippen molar-refractivity contribution in [3.8, 4) is 0 Å². The van der Waals surface area contributed by atoms with E-state index in [9.17, 15) is 4.79 Å². The second-order valence-corrected chi connectivity index (χ2v) is 4.75. The van der Waals surface area contributed by atoms with E-state index in [2.05, 4.69) is 23.7 Å². The molecule has 4 N–H and O–H groups in total. The number of amidine groups is 1. The van der Waals surface area contributed by atoms with Crippen molar-refractivity contribution in [2.45, 2.75) is 26.2 Å². The van der Waals surface area contributed by atoms with Gasteiger partial charge in [-0.2, -0.15) is 0 Å². The highest BCUT2D eigenvalue weighted by Crippen LogP contribution is 2.14. The number of nitrogens with zero attached hydrogens (tertiary/aromatic N) is 2. The molecule has 0 spiro atoms. The molecule has 20 heavy (non-hydrogen) atoms. The molecule has 0 saturated carbocycles. The second-order valence-electron chi connectivity index (χ2n) is 4.75. The molecule has 0 unspecified atom stereocenters. The number of methoxy groups -OCH3 is 1. The number of carbonyl (C=O) groups excluding carboxylic acids is 1. The zero-order valence-electron chi connectivity index (χ0n) is 12.2. The number of hydrogen-bond donors (Lipinski definition) is 2. The number of benzene rings is 1. The van der Waals surface area contributed by atoms with Crippen LogP contribution in [0.1, 0.15) is 37.3 Å². The highest BCUT2D eigenvalue weighted by atomic mass is 16.5. The van der Waals surface area contributed by atoms with Crippen LogP contribution < -0.4 is 11.6 Å². The van der Waals surface area contributed by atoms with E-state index in [4.69, 9.17) is 11.6 Å². The summed E-state index contributed by atoms with van der Waals surface area (Å²) in [6.45, 7) is 4.50. The van der Waals surface area contributed by atoms with Crippen molar-refractivity contribution in [1.82, 2.24) is 5.12 Å². The molecule has 0 radical (unpaired) electrons. The lowest BCUT2D eigenvalue weighted by molar-refractivity contribution is -0.141. The Bertz CT molecular complexity index is 469. The molecular weight excluding hydrogens is 256 g/mol. The van der Waals surface area contributed by atoms with Crippen LogP contribution in [0.5, 0.6) is 0 Å². The summed E-state index contributed by atoms with van der Waals surface area (Å²) in [6, 6.07) is 7.83. The summed E-state index contributed by atoms with van der Waals surface area (Å²) in [4.78, 5) is 11.0. The summed E-state index contributed by atoms with van der Waals surface area (Å²) in [7, 11) is 1.33. The Labute approximate surface area is 119 Å². The van der Waals surface area contributed by atoms with Crippen LogP contribution in [0.15, 0.2) is 29.4 Å². The fourth-order valence-corrected chi connectivity index (χ4v) is 1.59. The Balaban J connectivity index is 2.65. The summed E-state index contributed by atoms with van der Waals surface area (Å²) in [5.41, 5.74) is 7.90. The number of ether oxygens (including phenoxy) is 1. The topological polar surface area (TPSA) is 93.9 Å². The summed E-state index contributed by atoms with van der Waals surface area (Å²) in [5.74, 6) is 6.09. The van der Waals surface area contributed by atoms with Crippen molar-refractivity contribution in [3.05, 3.63) is 35.4 Å². The van der Waals surface area contributed by atoms with Gasteiger partial charge < -0.3 is 10.5 Å². The number of rotatable bonds is 6. The van der Waals surface area contributed by atoms with Crippen LogP contribution in [0.2, 0.25) is 0 Å². The monoisotopic (exact) mass is 278 g/mol. The zero-order chi connectivity index (χ0) is 15.1. The molecule has 0 atom stereocenters. The van der Waals surface area contributed by atoms with E-state index in [1.165, 1.54) is 12.7 Å².